The molecule has 0 aliphatic rings. The van der Waals surface area contributed by atoms with Crippen molar-refractivity contribution in [3.05, 3.63) is 23.8 Å². The number of benzene rings is 1. The van der Waals surface area contributed by atoms with Crippen LogP contribution in [-0.4, -0.2) is 61.5 Å². The second kappa shape index (κ2) is 18.8. The van der Waals surface area contributed by atoms with E-state index < -0.39 is 48.3 Å². The Morgan fingerprint density at radius 1 is 0.762 bits per heavy atom. The number of esters is 1. The summed E-state index contributed by atoms with van der Waals surface area (Å²) in [5, 5.41) is 0. The molecule has 0 saturated heterocycles. The van der Waals surface area contributed by atoms with Crippen LogP contribution in [0.3, 0.4) is 0 Å². The van der Waals surface area contributed by atoms with Gasteiger partial charge >= 0.3 is 24.4 Å². The Kier molecular flexibility index (Phi) is 16.3. The minimum atomic E-state index is -1.11. The summed E-state index contributed by atoms with van der Waals surface area (Å²) < 4.78 is 36.4. The molecule has 0 fully saturated rings. The molecule has 1 aromatic carbocycles. The topological polar surface area (TPSA) is 159 Å². The van der Waals surface area contributed by atoms with Gasteiger partial charge in [0.05, 0.1) is 13.2 Å². The van der Waals surface area contributed by atoms with Crippen molar-refractivity contribution < 1.29 is 52.3 Å². The molecule has 2 N–H and O–H groups in total. The number of hydrogen-bond acceptors (Lipinski definition) is 12. The third-order valence-corrected chi connectivity index (χ3v) is 5.72. The van der Waals surface area contributed by atoms with E-state index in [4.69, 9.17) is 38.9 Å². The molecule has 0 heterocycles. The van der Waals surface area contributed by atoms with E-state index in [-0.39, 0.29) is 31.1 Å². The van der Waals surface area contributed by atoms with Crippen molar-refractivity contribution in [3.8, 4) is 11.5 Å². The smallest absolute Gasteiger partial charge is 0.458 e. The van der Waals surface area contributed by atoms with Crippen molar-refractivity contribution >= 4 is 24.4 Å². The Morgan fingerprint density at radius 2 is 1.29 bits per heavy atom. The molecule has 3 atom stereocenters. The SMILES string of the molecule is CCCCCOC(=O)Oc1ccc(C[C@H](N)C(=O)O[C@@H](C)C(C)OC(=O)OC(C)(C)C)cc1OC(=O)OCCCCC. The predicted octanol–water partition coefficient (Wildman–Crippen LogP) is 6.24. The van der Waals surface area contributed by atoms with Gasteiger partial charge in [-0.15, -0.1) is 0 Å². The highest BCUT2D eigenvalue weighted by atomic mass is 16.8. The molecule has 1 unspecified atom stereocenters. The highest BCUT2D eigenvalue weighted by Crippen LogP contribution is 2.30. The van der Waals surface area contributed by atoms with Crippen molar-refractivity contribution in [2.75, 3.05) is 13.2 Å². The van der Waals surface area contributed by atoms with Gasteiger partial charge in [-0.3, -0.25) is 4.79 Å². The number of rotatable bonds is 16. The van der Waals surface area contributed by atoms with E-state index in [9.17, 15) is 19.2 Å². The molecule has 0 aliphatic heterocycles. The maximum Gasteiger partial charge on any atom is 0.513 e. The molecule has 0 saturated carbocycles. The molecule has 0 aliphatic carbocycles. The highest BCUT2D eigenvalue weighted by molar-refractivity contribution is 5.76. The zero-order valence-electron chi connectivity index (χ0n) is 25.9. The minimum absolute atomic E-state index is 0.00346. The first kappa shape index (κ1) is 36.5. The van der Waals surface area contributed by atoms with Gasteiger partial charge in [0.15, 0.2) is 11.5 Å². The van der Waals surface area contributed by atoms with Crippen LogP contribution < -0.4 is 15.2 Å². The van der Waals surface area contributed by atoms with Crippen LogP contribution in [0.5, 0.6) is 11.5 Å². The van der Waals surface area contributed by atoms with E-state index in [0.29, 0.717) is 18.4 Å². The molecular formula is C30H47NO11. The summed E-state index contributed by atoms with van der Waals surface area (Å²) in [6.45, 7) is 12.6. The first-order valence-corrected chi connectivity index (χ1v) is 14.4. The first-order valence-electron chi connectivity index (χ1n) is 14.4. The highest BCUT2D eigenvalue weighted by Gasteiger charge is 2.27. The fourth-order valence-corrected chi connectivity index (χ4v) is 3.32. The van der Waals surface area contributed by atoms with Crippen LogP contribution in [0.1, 0.15) is 92.6 Å². The lowest BCUT2D eigenvalue weighted by Crippen LogP contribution is -2.40. The number of carbonyl (C=O) groups is 4. The van der Waals surface area contributed by atoms with Gasteiger partial charge in [-0.25, -0.2) is 14.4 Å². The van der Waals surface area contributed by atoms with E-state index in [1.54, 1.807) is 40.7 Å². The molecule has 0 aromatic heterocycles. The van der Waals surface area contributed by atoms with Gasteiger partial charge in [0, 0.05) is 0 Å². The molecule has 0 spiro atoms. The Balaban J connectivity index is 2.88. The summed E-state index contributed by atoms with van der Waals surface area (Å²) in [6.07, 6.45) is 0.666. The number of nitrogens with two attached hydrogens (primary N) is 1. The zero-order valence-corrected chi connectivity index (χ0v) is 25.9. The van der Waals surface area contributed by atoms with Crippen LogP contribution >= 0.6 is 0 Å². The second-order valence-corrected chi connectivity index (χ2v) is 10.8. The lowest BCUT2D eigenvalue weighted by atomic mass is 10.1. The molecule has 0 bridgehead atoms. The normalized spacial score (nSPS) is 13.2. The van der Waals surface area contributed by atoms with Crippen LogP contribution in [0, 0.1) is 0 Å². The van der Waals surface area contributed by atoms with Crippen molar-refractivity contribution in [3.63, 3.8) is 0 Å². The van der Waals surface area contributed by atoms with Crippen LogP contribution in [0.4, 0.5) is 14.4 Å². The van der Waals surface area contributed by atoms with Gasteiger partial charge in [0.2, 0.25) is 0 Å². The maximum atomic E-state index is 12.7. The molecular weight excluding hydrogens is 550 g/mol. The molecule has 1 aromatic rings. The summed E-state index contributed by atoms with van der Waals surface area (Å²) in [5.41, 5.74) is 5.84. The second-order valence-electron chi connectivity index (χ2n) is 10.8. The average Bonchev–Trinajstić information content (AvgIpc) is 2.89. The molecule has 0 radical (unpaired) electrons. The third-order valence-electron chi connectivity index (χ3n) is 5.72. The fourth-order valence-electron chi connectivity index (χ4n) is 3.32. The van der Waals surface area contributed by atoms with Gasteiger partial charge in [-0.2, -0.15) is 0 Å². The van der Waals surface area contributed by atoms with Crippen LogP contribution in [0.25, 0.3) is 0 Å². The van der Waals surface area contributed by atoms with Crippen LogP contribution in [-0.2, 0) is 34.9 Å². The van der Waals surface area contributed by atoms with Gasteiger partial charge in [-0.1, -0.05) is 45.6 Å². The van der Waals surface area contributed by atoms with E-state index >= 15 is 0 Å². The van der Waals surface area contributed by atoms with E-state index in [0.717, 1.165) is 25.7 Å². The van der Waals surface area contributed by atoms with Crippen molar-refractivity contribution in [2.24, 2.45) is 5.73 Å². The molecule has 0 amide bonds. The summed E-state index contributed by atoms with van der Waals surface area (Å²) in [4.78, 5) is 49.0. The molecule has 12 nitrogen and oxygen atoms in total. The number of ether oxygens (including phenoxy) is 7. The van der Waals surface area contributed by atoms with E-state index in [1.807, 2.05) is 13.8 Å². The quantitative estimate of drug-likeness (QED) is 0.0990. The van der Waals surface area contributed by atoms with Crippen molar-refractivity contribution in [1.82, 2.24) is 0 Å². The van der Waals surface area contributed by atoms with Crippen molar-refractivity contribution in [2.45, 2.75) is 117 Å². The standard InChI is InChI=1S/C30H47NO11/c1-8-10-12-16-36-27(33)40-24-15-14-22(19-25(24)41-28(34)37-17-13-11-9-2)18-23(31)26(32)38-20(3)21(4)39-29(35)42-30(5,6)7/h14-15,19-21,23H,8-13,16-18,31H2,1-7H3/t20-,21?,23-/m0/s1. The molecule has 238 valence electrons. The maximum absolute atomic E-state index is 12.7. The summed E-state index contributed by atoms with van der Waals surface area (Å²) >= 11 is 0. The largest absolute Gasteiger partial charge is 0.513 e. The number of hydrogen-bond donors (Lipinski definition) is 1. The number of carbonyl (C=O) groups excluding carboxylic acids is 4. The Bertz CT molecular complexity index is 1010. The average molecular weight is 598 g/mol. The van der Waals surface area contributed by atoms with Gasteiger partial charge < -0.3 is 38.9 Å². The Labute approximate surface area is 248 Å². The molecule has 12 heteroatoms. The summed E-state index contributed by atoms with van der Waals surface area (Å²) in [7, 11) is 0. The lowest BCUT2D eigenvalue weighted by molar-refractivity contribution is -0.156. The fraction of sp³-hybridized carbons (Fsp3) is 0.667. The summed E-state index contributed by atoms with van der Waals surface area (Å²) in [5.74, 6) is -0.912. The Hall–Kier alpha value is -3.54. The van der Waals surface area contributed by atoms with E-state index in [1.165, 1.54) is 12.1 Å². The monoisotopic (exact) mass is 597 g/mol. The first-order chi connectivity index (χ1) is 19.7. The molecule has 1 rings (SSSR count). The third kappa shape index (κ3) is 15.5. The minimum Gasteiger partial charge on any atom is -0.458 e. The lowest BCUT2D eigenvalue weighted by Gasteiger charge is -2.24. The number of unbranched alkanes of at least 4 members (excludes halogenated alkanes) is 4. The van der Waals surface area contributed by atoms with Crippen LogP contribution in [0.15, 0.2) is 18.2 Å². The van der Waals surface area contributed by atoms with Gasteiger partial charge in [0.1, 0.15) is 23.9 Å². The van der Waals surface area contributed by atoms with Gasteiger partial charge in [-0.05, 0) is 71.6 Å². The van der Waals surface area contributed by atoms with Crippen LogP contribution in [0.2, 0.25) is 0 Å². The van der Waals surface area contributed by atoms with Crippen molar-refractivity contribution in [1.29, 1.82) is 0 Å². The van der Waals surface area contributed by atoms with E-state index in [2.05, 4.69) is 0 Å². The Morgan fingerprint density at radius 3 is 1.81 bits per heavy atom. The van der Waals surface area contributed by atoms with Gasteiger partial charge in [0.25, 0.3) is 0 Å². The zero-order chi connectivity index (χ0) is 31.7. The summed E-state index contributed by atoms with van der Waals surface area (Å²) in [6, 6.07) is 3.27. The molecule has 42 heavy (non-hydrogen) atoms. The predicted molar refractivity (Wildman–Crippen MR) is 153 cm³/mol.